The lowest BCUT2D eigenvalue weighted by Crippen LogP contribution is -2.31. The quantitative estimate of drug-likeness (QED) is 0.800. The number of anilines is 1. The number of pyridine rings is 1. The number of fused-ring (bicyclic) bond motifs is 1. The summed E-state index contributed by atoms with van der Waals surface area (Å²) in [5.41, 5.74) is 3.13. The van der Waals surface area contributed by atoms with E-state index >= 15 is 0 Å². The molecule has 0 spiro atoms. The van der Waals surface area contributed by atoms with E-state index < -0.39 is 0 Å². The van der Waals surface area contributed by atoms with Gasteiger partial charge in [0.1, 0.15) is 6.61 Å². The molecule has 126 valence electrons. The first-order valence-electron chi connectivity index (χ1n) is 7.99. The predicted octanol–water partition coefficient (Wildman–Crippen LogP) is 2.92. The molecule has 2 N–H and O–H groups in total. The number of carbonyl (C=O) groups excluding carboxylic acids is 1. The molecule has 1 heterocycles. The van der Waals surface area contributed by atoms with Crippen LogP contribution in [0.15, 0.2) is 42.6 Å². The molecule has 0 saturated carbocycles. The Balaban J connectivity index is 1.52. The number of aromatic nitrogens is 1. The molecule has 0 radical (unpaired) electrons. The Labute approximate surface area is 141 Å². The van der Waals surface area contributed by atoms with Crippen LogP contribution >= 0.6 is 0 Å². The molecule has 1 aliphatic carbocycles. The molecule has 0 bridgehead atoms. The second kappa shape index (κ2) is 7.79. The van der Waals surface area contributed by atoms with E-state index in [1.54, 1.807) is 25.4 Å². The number of methoxy groups -OCH3 is 1. The Morgan fingerprint density at radius 3 is 2.92 bits per heavy atom. The average molecular weight is 327 g/mol. The first kappa shape index (κ1) is 16.3. The third kappa shape index (κ3) is 4.02. The Hall–Kier alpha value is -2.60. The minimum atomic E-state index is -0.230. The molecule has 6 heteroatoms. The number of urea groups is 1. The van der Waals surface area contributed by atoms with E-state index in [-0.39, 0.29) is 12.1 Å². The molecular formula is C18H21N3O3. The van der Waals surface area contributed by atoms with Crippen molar-refractivity contribution in [3.05, 3.63) is 53.7 Å². The van der Waals surface area contributed by atoms with Crippen LogP contribution in [-0.4, -0.2) is 31.3 Å². The van der Waals surface area contributed by atoms with Crippen LogP contribution in [0.2, 0.25) is 0 Å². The minimum absolute atomic E-state index is 0.0609. The van der Waals surface area contributed by atoms with E-state index in [2.05, 4.69) is 27.8 Å². The molecule has 1 aliphatic rings. The maximum Gasteiger partial charge on any atom is 0.319 e. The monoisotopic (exact) mass is 327 g/mol. The molecule has 24 heavy (non-hydrogen) atoms. The third-order valence-corrected chi connectivity index (χ3v) is 3.97. The van der Waals surface area contributed by atoms with Crippen molar-refractivity contribution in [3.8, 4) is 5.88 Å². The maximum atomic E-state index is 12.2. The van der Waals surface area contributed by atoms with Gasteiger partial charge < -0.3 is 20.1 Å². The molecule has 6 nitrogen and oxygen atoms in total. The highest BCUT2D eigenvalue weighted by Crippen LogP contribution is 2.30. The number of hydrogen-bond donors (Lipinski definition) is 2. The van der Waals surface area contributed by atoms with Gasteiger partial charge >= 0.3 is 6.03 Å². The van der Waals surface area contributed by atoms with Gasteiger partial charge in [-0.15, -0.1) is 0 Å². The van der Waals surface area contributed by atoms with E-state index in [0.29, 0.717) is 24.8 Å². The van der Waals surface area contributed by atoms with Crippen LogP contribution in [0.3, 0.4) is 0 Å². The number of benzene rings is 1. The molecule has 1 atom stereocenters. The zero-order chi connectivity index (χ0) is 16.8. The topological polar surface area (TPSA) is 72.5 Å². The van der Waals surface area contributed by atoms with Crippen LogP contribution in [0.1, 0.15) is 23.6 Å². The molecular weight excluding hydrogens is 306 g/mol. The van der Waals surface area contributed by atoms with Gasteiger partial charge in [0.2, 0.25) is 5.88 Å². The van der Waals surface area contributed by atoms with Crippen LogP contribution in [0.25, 0.3) is 0 Å². The van der Waals surface area contributed by atoms with Crippen molar-refractivity contribution in [2.24, 2.45) is 0 Å². The number of ether oxygens (including phenoxy) is 2. The second-order valence-electron chi connectivity index (χ2n) is 5.61. The summed E-state index contributed by atoms with van der Waals surface area (Å²) >= 11 is 0. The maximum absolute atomic E-state index is 12.2. The lowest BCUT2D eigenvalue weighted by atomic mass is 10.1. The number of carbonyl (C=O) groups is 1. The number of hydrogen-bond acceptors (Lipinski definition) is 4. The van der Waals surface area contributed by atoms with Gasteiger partial charge in [0, 0.05) is 13.2 Å². The van der Waals surface area contributed by atoms with Gasteiger partial charge in [-0.1, -0.05) is 24.3 Å². The molecule has 2 aromatic rings. The largest absolute Gasteiger partial charge is 0.475 e. The summed E-state index contributed by atoms with van der Waals surface area (Å²) in [7, 11) is 1.62. The Kier molecular flexibility index (Phi) is 5.28. The summed E-state index contributed by atoms with van der Waals surface area (Å²) in [5, 5.41) is 5.82. The number of aryl methyl sites for hydroxylation is 1. The smallest absolute Gasteiger partial charge is 0.319 e. The van der Waals surface area contributed by atoms with Gasteiger partial charge in [0.15, 0.2) is 0 Å². The normalized spacial score (nSPS) is 15.6. The van der Waals surface area contributed by atoms with Crippen LogP contribution in [0, 0.1) is 0 Å². The fourth-order valence-electron chi connectivity index (χ4n) is 2.80. The summed E-state index contributed by atoms with van der Waals surface area (Å²) in [6, 6.07) is 11.5. The zero-order valence-electron chi connectivity index (χ0n) is 13.6. The van der Waals surface area contributed by atoms with Crippen LogP contribution in [0.4, 0.5) is 10.5 Å². The van der Waals surface area contributed by atoms with Gasteiger partial charge in [-0.05, 0) is 30.0 Å². The summed E-state index contributed by atoms with van der Waals surface area (Å²) in [4.78, 5) is 16.3. The van der Waals surface area contributed by atoms with Crippen molar-refractivity contribution < 1.29 is 14.3 Å². The molecule has 1 unspecified atom stereocenters. The number of rotatable bonds is 6. The van der Waals surface area contributed by atoms with Gasteiger partial charge in [-0.25, -0.2) is 9.78 Å². The fraction of sp³-hybridized carbons (Fsp3) is 0.333. The average Bonchev–Trinajstić information content (AvgIpc) is 3.00. The van der Waals surface area contributed by atoms with Crippen molar-refractivity contribution in [1.29, 1.82) is 0 Å². The highest BCUT2D eigenvalue weighted by molar-refractivity contribution is 5.89. The van der Waals surface area contributed by atoms with Gasteiger partial charge in [0.05, 0.1) is 24.5 Å². The number of nitrogens with zero attached hydrogens (tertiary/aromatic N) is 1. The van der Waals surface area contributed by atoms with E-state index in [1.165, 1.54) is 11.1 Å². The van der Waals surface area contributed by atoms with Crippen molar-refractivity contribution >= 4 is 11.7 Å². The molecule has 0 fully saturated rings. The second-order valence-corrected chi connectivity index (χ2v) is 5.61. The summed E-state index contributed by atoms with van der Waals surface area (Å²) < 4.78 is 10.3. The van der Waals surface area contributed by atoms with Crippen molar-refractivity contribution in [2.75, 3.05) is 25.6 Å². The summed E-state index contributed by atoms with van der Waals surface area (Å²) in [6.45, 7) is 0.949. The SMILES string of the molecule is COCCOc1ccc(NC(=O)NC2CCc3ccccc32)cn1. The van der Waals surface area contributed by atoms with Gasteiger partial charge in [-0.2, -0.15) is 0 Å². The minimum Gasteiger partial charge on any atom is -0.475 e. The Morgan fingerprint density at radius 2 is 2.12 bits per heavy atom. The van der Waals surface area contributed by atoms with Crippen molar-refractivity contribution in [1.82, 2.24) is 10.3 Å². The third-order valence-electron chi connectivity index (χ3n) is 3.97. The molecule has 1 aromatic carbocycles. The standard InChI is InChI=1S/C18H21N3O3/c1-23-10-11-24-17-9-7-14(12-19-17)20-18(22)21-16-8-6-13-4-2-3-5-15(13)16/h2-5,7,9,12,16H,6,8,10-11H2,1H3,(H2,20,21,22). The Bertz CT molecular complexity index is 688. The molecule has 3 rings (SSSR count). The zero-order valence-corrected chi connectivity index (χ0v) is 13.6. The Morgan fingerprint density at radius 1 is 1.25 bits per heavy atom. The van der Waals surface area contributed by atoms with Crippen LogP contribution in [0.5, 0.6) is 5.88 Å². The lowest BCUT2D eigenvalue weighted by Gasteiger charge is -2.15. The van der Waals surface area contributed by atoms with E-state index in [0.717, 1.165) is 12.8 Å². The predicted molar refractivity (Wildman–Crippen MR) is 91.3 cm³/mol. The first-order chi connectivity index (χ1) is 11.8. The number of nitrogens with one attached hydrogen (secondary N) is 2. The molecule has 0 aliphatic heterocycles. The molecule has 1 aromatic heterocycles. The highest BCUT2D eigenvalue weighted by atomic mass is 16.5. The molecule has 2 amide bonds. The van der Waals surface area contributed by atoms with E-state index in [9.17, 15) is 4.79 Å². The fourth-order valence-corrected chi connectivity index (χ4v) is 2.80. The first-order valence-corrected chi connectivity index (χ1v) is 7.99. The van der Waals surface area contributed by atoms with Crippen LogP contribution in [-0.2, 0) is 11.2 Å². The lowest BCUT2D eigenvalue weighted by molar-refractivity contribution is 0.144. The summed E-state index contributed by atoms with van der Waals surface area (Å²) in [5.74, 6) is 0.503. The van der Waals surface area contributed by atoms with Gasteiger partial charge in [-0.3, -0.25) is 0 Å². The van der Waals surface area contributed by atoms with Crippen molar-refractivity contribution in [3.63, 3.8) is 0 Å². The van der Waals surface area contributed by atoms with Crippen molar-refractivity contribution in [2.45, 2.75) is 18.9 Å². The van der Waals surface area contributed by atoms with E-state index in [1.807, 2.05) is 12.1 Å². The van der Waals surface area contributed by atoms with Crippen LogP contribution < -0.4 is 15.4 Å². The highest BCUT2D eigenvalue weighted by Gasteiger charge is 2.23. The van der Waals surface area contributed by atoms with Gasteiger partial charge in [0.25, 0.3) is 0 Å². The van der Waals surface area contributed by atoms with E-state index in [4.69, 9.17) is 9.47 Å². The number of amides is 2. The summed E-state index contributed by atoms with van der Waals surface area (Å²) in [6.07, 6.45) is 3.50. The molecule has 0 saturated heterocycles.